The Balaban J connectivity index is 1.95. The van der Waals surface area contributed by atoms with Gasteiger partial charge in [0.25, 0.3) is 0 Å². The summed E-state index contributed by atoms with van der Waals surface area (Å²) in [5.74, 6) is 0.543. The Morgan fingerprint density at radius 2 is 2.00 bits per heavy atom. The standard InChI is InChI=1S/C23H24N2O5S/c1-3-31(28,29)17-6-4-5-15(10-17)18-7-8-20(30-13-16(27)12-26)22-21(18)19-9-14(2)11-24-23(19)25-22/h4-11,16,26-27H,3,12-13H2,1-2H3,(H,24,25). The predicted molar refractivity (Wildman–Crippen MR) is 120 cm³/mol. The van der Waals surface area contributed by atoms with Gasteiger partial charge < -0.3 is 19.9 Å². The lowest BCUT2D eigenvalue weighted by Gasteiger charge is -2.13. The van der Waals surface area contributed by atoms with Crippen molar-refractivity contribution in [3.05, 3.63) is 54.2 Å². The zero-order valence-electron chi connectivity index (χ0n) is 17.3. The first-order valence-electron chi connectivity index (χ1n) is 10.00. The van der Waals surface area contributed by atoms with Gasteiger partial charge in [-0.1, -0.05) is 19.1 Å². The number of nitrogens with zero attached hydrogens (tertiary/aromatic N) is 1. The molecule has 162 valence electrons. The highest BCUT2D eigenvalue weighted by Gasteiger charge is 2.18. The Morgan fingerprint density at radius 1 is 1.19 bits per heavy atom. The first-order valence-corrected chi connectivity index (χ1v) is 11.6. The summed E-state index contributed by atoms with van der Waals surface area (Å²) in [7, 11) is -3.34. The van der Waals surface area contributed by atoms with Gasteiger partial charge in [-0.3, -0.25) is 0 Å². The molecule has 0 fully saturated rings. The second-order valence-electron chi connectivity index (χ2n) is 7.47. The molecular weight excluding hydrogens is 416 g/mol. The first-order chi connectivity index (χ1) is 14.8. The van der Waals surface area contributed by atoms with Crippen molar-refractivity contribution in [3.8, 4) is 16.9 Å². The number of aryl methyl sites for hydroxylation is 1. The summed E-state index contributed by atoms with van der Waals surface area (Å²) in [5, 5.41) is 20.5. The molecule has 0 aliphatic heterocycles. The van der Waals surface area contributed by atoms with E-state index in [0.717, 1.165) is 27.5 Å². The first kappa shape index (κ1) is 21.3. The SMILES string of the molecule is CCS(=O)(=O)c1cccc(-c2ccc(OCC(O)CO)c3[nH]c4ncc(C)cc4c23)c1. The van der Waals surface area contributed by atoms with E-state index in [1.54, 1.807) is 37.4 Å². The molecule has 2 heterocycles. The summed E-state index contributed by atoms with van der Waals surface area (Å²) in [4.78, 5) is 8.04. The van der Waals surface area contributed by atoms with Crippen LogP contribution in [0.25, 0.3) is 33.1 Å². The van der Waals surface area contributed by atoms with Gasteiger partial charge in [-0.25, -0.2) is 13.4 Å². The monoisotopic (exact) mass is 440 g/mol. The lowest BCUT2D eigenvalue weighted by Crippen LogP contribution is -2.21. The van der Waals surface area contributed by atoms with Crippen molar-refractivity contribution in [3.63, 3.8) is 0 Å². The number of hydrogen-bond acceptors (Lipinski definition) is 6. The van der Waals surface area contributed by atoms with Crippen LogP contribution in [0.15, 0.2) is 53.6 Å². The van der Waals surface area contributed by atoms with Gasteiger partial charge in [0.15, 0.2) is 9.84 Å². The largest absolute Gasteiger partial charge is 0.489 e. The van der Waals surface area contributed by atoms with E-state index in [4.69, 9.17) is 9.84 Å². The quantitative estimate of drug-likeness (QED) is 0.407. The maximum Gasteiger partial charge on any atom is 0.178 e. The fraction of sp³-hybridized carbons (Fsp3) is 0.261. The smallest absolute Gasteiger partial charge is 0.178 e. The van der Waals surface area contributed by atoms with Gasteiger partial charge in [0, 0.05) is 17.0 Å². The number of H-pyrrole nitrogens is 1. The third kappa shape index (κ3) is 4.01. The molecule has 4 rings (SSSR count). The summed E-state index contributed by atoms with van der Waals surface area (Å²) in [5.41, 5.74) is 3.97. The molecule has 7 nitrogen and oxygen atoms in total. The van der Waals surface area contributed by atoms with E-state index >= 15 is 0 Å². The molecule has 0 bridgehead atoms. The molecule has 0 amide bonds. The van der Waals surface area contributed by atoms with Crippen molar-refractivity contribution in [1.29, 1.82) is 0 Å². The number of aliphatic hydroxyl groups is 2. The number of aliphatic hydroxyl groups excluding tert-OH is 2. The molecule has 0 radical (unpaired) electrons. The number of fused-ring (bicyclic) bond motifs is 3. The van der Waals surface area contributed by atoms with E-state index in [-0.39, 0.29) is 17.3 Å². The minimum Gasteiger partial charge on any atom is -0.489 e. The van der Waals surface area contributed by atoms with Crippen molar-refractivity contribution >= 4 is 31.8 Å². The maximum absolute atomic E-state index is 12.4. The maximum atomic E-state index is 12.4. The minimum atomic E-state index is -3.34. The number of sulfone groups is 1. The Labute approximate surface area is 180 Å². The lowest BCUT2D eigenvalue weighted by atomic mass is 9.99. The third-order valence-electron chi connectivity index (χ3n) is 5.23. The Bertz CT molecular complexity index is 1360. The second kappa shape index (κ2) is 8.30. The molecule has 3 N–H and O–H groups in total. The molecule has 4 aromatic rings. The normalized spacial score (nSPS) is 13.0. The Morgan fingerprint density at radius 3 is 2.74 bits per heavy atom. The van der Waals surface area contributed by atoms with Crippen molar-refractivity contribution in [2.75, 3.05) is 19.0 Å². The van der Waals surface area contributed by atoms with E-state index in [0.29, 0.717) is 16.9 Å². The number of nitrogens with one attached hydrogen (secondary N) is 1. The average Bonchev–Trinajstić information content (AvgIpc) is 3.16. The molecule has 31 heavy (non-hydrogen) atoms. The molecule has 0 saturated heterocycles. The summed E-state index contributed by atoms with van der Waals surface area (Å²) in [6, 6.07) is 12.6. The highest BCUT2D eigenvalue weighted by molar-refractivity contribution is 7.91. The van der Waals surface area contributed by atoms with Crippen molar-refractivity contribution in [2.24, 2.45) is 0 Å². The Kier molecular flexibility index (Phi) is 5.70. The van der Waals surface area contributed by atoms with Crippen LogP contribution in [0.5, 0.6) is 5.75 Å². The highest BCUT2D eigenvalue weighted by Crippen LogP contribution is 2.39. The van der Waals surface area contributed by atoms with Gasteiger partial charge in [0.1, 0.15) is 24.1 Å². The van der Waals surface area contributed by atoms with Crippen LogP contribution in [0.3, 0.4) is 0 Å². The molecule has 1 atom stereocenters. The molecular formula is C23H24N2O5S. The number of aromatic amines is 1. The topological polar surface area (TPSA) is 113 Å². The van der Waals surface area contributed by atoms with Crippen LogP contribution < -0.4 is 4.74 Å². The van der Waals surface area contributed by atoms with Crippen LogP contribution >= 0.6 is 0 Å². The van der Waals surface area contributed by atoms with Crippen LogP contribution in [0, 0.1) is 6.92 Å². The fourth-order valence-electron chi connectivity index (χ4n) is 3.59. The van der Waals surface area contributed by atoms with Crippen LogP contribution in [-0.2, 0) is 9.84 Å². The number of ether oxygens (including phenoxy) is 1. The van der Waals surface area contributed by atoms with Gasteiger partial charge in [-0.05, 0) is 53.9 Å². The molecule has 2 aromatic heterocycles. The van der Waals surface area contributed by atoms with Crippen molar-refractivity contribution in [2.45, 2.75) is 24.8 Å². The molecule has 1 unspecified atom stereocenters. The molecule has 0 aliphatic carbocycles. The number of aromatic nitrogens is 2. The van der Waals surface area contributed by atoms with Crippen LogP contribution in [0.2, 0.25) is 0 Å². The third-order valence-corrected chi connectivity index (χ3v) is 6.96. The summed E-state index contributed by atoms with van der Waals surface area (Å²) in [6.07, 6.45) is 0.775. The van der Waals surface area contributed by atoms with Crippen LogP contribution in [0.1, 0.15) is 12.5 Å². The summed E-state index contributed by atoms with van der Waals surface area (Å²) in [6.45, 7) is 3.13. The summed E-state index contributed by atoms with van der Waals surface area (Å²) >= 11 is 0. The van der Waals surface area contributed by atoms with Crippen molar-refractivity contribution < 1.29 is 23.4 Å². The van der Waals surface area contributed by atoms with Crippen LogP contribution in [-0.4, -0.2) is 53.7 Å². The predicted octanol–water partition coefficient (Wildman–Crippen LogP) is 3.22. The number of pyridine rings is 1. The second-order valence-corrected chi connectivity index (χ2v) is 9.75. The van der Waals surface area contributed by atoms with E-state index in [1.807, 2.05) is 25.1 Å². The minimum absolute atomic E-state index is 0.0298. The molecule has 0 saturated carbocycles. The average molecular weight is 441 g/mol. The van der Waals surface area contributed by atoms with Crippen LogP contribution in [0.4, 0.5) is 0 Å². The molecule has 8 heteroatoms. The molecule has 0 aliphatic rings. The van der Waals surface area contributed by atoms with Gasteiger partial charge >= 0.3 is 0 Å². The van der Waals surface area contributed by atoms with Crippen molar-refractivity contribution in [1.82, 2.24) is 9.97 Å². The fourth-order valence-corrected chi connectivity index (χ4v) is 4.51. The summed E-state index contributed by atoms with van der Waals surface area (Å²) < 4.78 is 30.6. The van der Waals surface area contributed by atoms with Gasteiger partial charge in [0.2, 0.25) is 0 Å². The number of hydrogen-bond donors (Lipinski definition) is 3. The molecule has 2 aromatic carbocycles. The van der Waals surface area contributed by atoms with Gasteiger partial charge in [0.05, 0.1) is 22.8 Å². The van der Waals surface area contributed by atoms with E-state index in [2.05, 4.69) is 9.97 Å². The van der Waals surface area contributed by atoms with E-state index in [1.165, 1.54) is 0 Å². The molecule has 0 spiro atoms. The van der Waals surface area contributed by atoms with E-state index in [9.17, 15) is 13.5 Å². The zero-order chi connectivity index (χ0) is 22.2. The van der Waals surface area contributed by atoms with Gasteiger partial charge in [-0.15, -0.1) is 0 Å². The Hall–Kier alpha value is -2.94. The lowest BCUT2D eigenvalue weighted by molar-refractivity contribution is 0.0540. The number of rotatable bonds is 7. The van der Waals surface area contributed by atoms with E-state index < -0.39 is 22.5 Å². The highest BCUT2D eigenvalue weighted by atomic mass is 32.2. The zero-order valence-corrected chi connectivity index (χ0v) is 18.1. The van der Waals surface area contributed by atoms with Gasteiger partial charge in [-0.2, -0.15) is 0 Å². The number of benzene rings is 2.